The first-order chi connectivity index (χ1) is 9.24. The normalized spacial score (nSPS) is 31.4. The van der Waals surface area contributed by atoms with Gasteiger partial charge in [-0.25, -0.2) is 0 Å². The van der Waals surface area contributed by atoms with Crippen LogP contribution in [-0.4, -0.2) is 75.1 Å². The number of nitrogens with zero attached hydrogens (tertiary/aromatic N) is 1. The summed E-state index contributed by atoms with van der Waals surface area (Å²) in [6.07, 6.45) is 3.60. The number of nitrogens with one attached hydrogen (secondary N) is 1. The van der Waals surface area contributed by atoms with Crippen LogP contribution in [0.1, 0.15) is 19.3 Å². The van der Waals surface area contributed by atoms with Crippen molar-refractivity contribution in [2.45, 2.75) is 30.9 Å². The highest BCUT2D eigenvalue weighted by atomic mass is 32.2. The average molecular weight is 288 g/mol. The Balaban J connectivity index is 1.63. The highest BCUT2D eigenvalue weighted by molar-refractivity contribution is 7.99. The predicted octanol–water partition coefficient (Wildman–Crippen LogP) is 1.21. The fraction of sp³-hybridized carbons (Fsp3) is 1.00. The van der Waals surface area contributed by atoms with Crippen LogP contribution in [0.25, 0.3) is 0 Å². The van der Waals surface area contributed by atoms with Crippen molar-refractivity contribution in [3.63, 3.8) is 0 Å². The van der Waals surface area contributed by atoms with Gasteiger partial charge in [0.05, 0.1) is 12.2 Å². The lowest BCUT2D eigenvalue weighted by atomic mass is 9.90. The summed E-state index contributed by atoms with van der Waals surface area (Å²) in [5.74, 6) is 2.46. The first-order valence-electron chi connectivity index (χ1n) is 7.37. The van der Waals surface area contributed by atoms with E-state index in [0.29, 0.717) is 6.04 Å². The third kappa shape index (κ3) is 4.90. The Morgan fingerprint density at radius 3 is 3.11 bits per heavy atom. The number of ether oxygens (including phenoxy) is 2. The van der Waals surface area contributed by atoms with E-state index in [1.807, 2.05) is 11.8 Å². The lowest BCUT2D eigenvalue weighted by molar-refractivity contribution is -0.0701. The minimum absolute atomic E-state index is 0.197. The standard InChI is InChI=1S/C14H28N2O2S/c1-16(7-9-17-2)6-5-15-13-3-8-18-14(11-13)4-10-19-12-14/h13,15H,3-12H2,1-2H3. The maximum absolute atomic E-state index is 6.05. The van der Waals surface area contributed by atoms with Crippen LogP contribution in [0, 0.1) is 0 Å². The maximum atomic E-state index is 6.05. The van der Waals surface area contributed by atoms with E-state index in [0.717, 1.165) is 39.3 Å². The summed E-state index contributed by atoms with van der Waals surface area (Å²) < 4.78 is 11.1. The van der Waals surface area contributed by atoms with Gasteiger partial charge in [0.1, 0.15) is 0 Å². The van der Waals surface area contributed by atoms with Gasteiger partial charge in [-0.3, -0.25) is 0 Å². The second-order valence-electron chi connectivity index (χ2n) is 5.77. The average Bonchev–Trinajstić information content (AvgIpc) is 2.84. The second-order valence-corrected chi connectivity index (χ2v) is 6.88. The smallest absolute Gasteiger partial charge is 0.0795 e. The van der Waals surface area contributed by atoms with Crippen LogP contribution in [0.5, 0.6) is 0 Å². The summed E-state index contributed by atoms with van der Waals surface area (Å²) in [7, 11) is 3.91. The summed E-state index contributed by atoms with van der Waals surface area (Å²) >= 11 is 2.04. The van der Waals surface area contributed by atoms with Gasteiger partial charge in [-0.1, -0.05) is 0 Å². The Morgan fingerprint density at radius 2 is 2.37 bits per heavy atom. The zero-order valence-electron chi connectivity index (χ0n) is 12.3. The molecule has 1 N–H and O–H groups in total. The summed E-state index contributed by atoms with van der Waals surface area (Å²) in [5, 5.41) is 3.71. The molecule has 0 bridgehead atoms. The fourth-order valence-electron chi connectivity index (χ4n) is 2.88. The van der Waals surface area contributed by atoms with Gasteiger partial charge in [-0.15, -0.1) is 0 Å². The summed E-state index contributed by atoms with van der Waals surface area (Å²) in [6.45, 7) is 4.90. The molecule has 2 fully saturated rings. The molecule has 2 unspecified atom stereocenters. The maximum Gasteiger partial charge on any atom is 0.0795 e. The molecule has 0 aromatic rings. The van der Waals surface area contributed by atoms with Crippen LogP contribution < -0.4 is 5.32 Å². The number of methoxy groups -OCH3 is 1. The highest BCUT2D eigenvalue weighted by Crippen LogP contribution is 2.38. The van der Waals surface area contributed by atoms with Crippen molar-refractivity contribution >= 4 is 11.8 Å². The van der Waals surface area contributed by atoms with E-state index in [9.17, 15) is 0 Å². The van der Waals surface area contributed by atoms with Gasteiger partial charge in [0.2, 0.25) is 0 Å². The fourth-order valence-corrected chi connectivity index (χ4v) is 4.26. The van der Waals surface area contributed by atoms with Crippen LogP contribution in [0.2, 0.25) is 0 Å². The zero-order chi connectivity index (χ0) is 13.6. The van der Waals surface area contributed by atoms with E-state index in [-0.39, 0.29) is 5.60 Å². The van der Waals surface area contributed by atoms with Gasteiger partial charge in [-0.05, 0) is 32.1 Å². The van der Waals surface area contributed by atoms with Gasteiger partial charge in [0.25, 0.3) is 0 Å². The molecule has 112 valence electrons. The number of hydrogen-bond acceptors (Lipinski definition) is 5. The molecule has 0 radical (unpaired) electrons. The second kappa shape index (κ2) is 7.84. The Hall–Kier alpha value is 0.190. The molecule has 0 aromatic carbocycles. The molecule has 2 aliphatic rings. The summed E-state index contributed by atoms with van der Waals surface area (Å²) in [5.41, 5.74) is 0.197. The molecule has 2 atom stereocenters. The largest absolute Gasteiger partial charge is 0.383 e. The van der Waals surface area contributed by atoms with E-state index in [1.54, 1.807) is 7.11 Å². The van der Waals surface area contributed by atoms with Crippen molar-refractivity contribution in [1.82, 2.24) is 10.2 Å². The quantitative estimate of drug-likeness (QED) is 0.761. The van der Waals surface area contributed by atoms with Crippen molar-refractivity contribution in [3.05, 3.63) is 0 Å². The van der Waals surface area contributed by atoms with Crippen LogP contribution in [0.3, 0.4) is 0 Å². The molecular formula is C14H28N2O2S. The Morgan fingerprint density at radius 1 is 1.47 bits per heavy atom. The lowest BCUT2D eigenvalue weighted by Crippen LogP contribution is -2.48. The number of thioether (sulfide) groups is 1. The van der Waals surface area contributed by atoms with E-state index in [1.165, 1.54) is 24.3 Å². The molecule has 2 aliphatic heterocycles. The van der Waals surface area contributed by atoms with Crippen molar-refractivity contribution < 1.29 is 9.47 Å². The molecule has 4 nitrogen and oxygen atoms in total. The van der Waals surface area contributed by atoms with Crippen LogP contribution in [-0.2, 0) is 9.47 Å². The summed E-state index contributed by atoms with van der Waals surface area (Å²) in [6, 6.07) is 0.642. The molecule has 19 heavy (non-hydrogen) atoms. The van der Waals surface area contributed by atoms with E-state index >= 15 is 0 Å². The third-order valence-electron chi connectivity index (χ3n) is 4.16. The molecule has 0 saturated carbocycles. The van der Waals surface area contributed by atoms with Crippen molar-refractivity contribution in [2.24, 2.45) is 0 Å². The molecule has 0 amide bonds. The SMILES string of the molecule is COCCN(C)CCNC1CCOC2(CCSC2)C1. The van der Waals surface area contributed by atoms with Gasteiger partial charge < -0.3 is 19.7 Å². The van der Waals surface area contributed by atoms with Crippen molar-refractivity contribution in [1.29, 1.82) is 0 Å². The third-order valence-corrected chi connectivity index (χ3v) is 5.39. The first kappa shape index (κ1) is 15.6. The molecule has 2 heterocycles. The van der Waals surface area contributed by atoms with Gasteiger partial charge in [0.15, 0.2) is 0 Å². The Bertz CT molecular complexity index is 260. The molecule has 1 spiro atoms. The van der Waals surface area contributed by atoms with E-state index in [2.05, 4.69) is 17.3 Å². The minimum atomic E-state index is 0.197. The van der Waals surface area contributed by atoms with Crippen LogP contribution in [0.4, 0.5) is 0 Å². The lowest BCUT2D eigenvalue weighted by Gasteiger charge is -2.38. The van der Waals surface area contributed by atoms with Crippen LogP contribution >= 0.6 is 11.8 Å². The van der Waals surface area contributed by atoms with E-state index in [4.69, 9.17) is 9.47 Å². The molecule has 5 heteroatoms. The molecule has 2 saturated heterocycles. The van der Waals surface area contributed by atoms with Crippen LogP contribution in [0.15, 0.2) is 0 Å². The number of rotatable bonds is 7. The Kier molecular flexibility index (Phi) is 6.42. The molecular weight excluding hydrogens is 260 g/mol. The van der Waals surface area contributed by atoms with Gasteiger partial charge >= 0.3 is 0 Å². The predicted molar refractivity (Wildman–Crippen MR) is 81.0 cm³/mol. The van der Waals surface area contributed by atoms with Gasteiger partial charge in [0, 0.05) is 45.1 Å². The number of hydrogen-bond donors (Lipinski definition) is 1. The molecule has 0 aromatic heterocycles. The molecule has 2 rings (SSSR count). The van der Waals surface area contributed by atoms with Gasteiger partial charge in [-0.2, -0.15) is 11.8 Å². The monoisotopic (exact) mass is 288 g/mol. The first-order valence-corrected chi connectivity index (χ1v) is 8.52. The summed E-state index contributed by atoms with van der Waals surface area (Å²) in [4.78, 5) is 2.32. The highest BCUT2D eigenvalue weighted by Gasteiger charge is 2.40. The topological polar surface area (TPSA) is 33.7 Å². The van der Waals surface area contributed by atoms with Crippen molar-refractivity contribution in [3.8, 4) is 0 Å². The van der Waals surface area contributed by atoms with E-state index < -0.39 is 0 Å². The van der Waals surface area contributed by atoms with Crippen molar-refractivity contribution in [2.75, 3.05) is 58.5 Å². The zero-order valence-corrected chi connectivity index (χ0v) is 13.1. The minimum Gasteiger partial charge on any atom is -0.383 e. The number of likely N-dealkylation sites (N-methyl/N-ethyl adjacent to an activating group) is 1. The molecule has 0 aliphatic carbocycles. The Labute approximate surface area is 121 Å².